The van der Waals surface area contributed by atoms with E-state index in [1.807, 2.05) is 18.2 Å². The summed E-state index contributed by atoms with van der Waals surface area (Å²) in [5, 5.41) is 11.6. The lowest BCUT2D eigenvalue weighted by atomic mass is 10.1. The molecule has 1 fully saturated rings. The molecule has 2 N–H and O–H groups in total. The zero-order valence-corrected chi connectivity index (χ0v) is 11.2. The predicted octanol–water partition coefficient (Wildman–Crippen LogP) is 1.57. The lowest BCUT2D eigenvalue weighted by molar-refractivity contribution is -0.136. The fourth-order valence-electron chi connectivity index (χ4n) is 2.06. The number of carboxylic acid groups (broad SMARTS) is 1. The van der Waals surface area contributed by atoms with Gasteiger partial charge in [-0.3, -0.25) is 4.79 Å². The van der Waals surface area contributed by atoms with Crippen molar-refractivity contribution in [1.29, 1.82) is 0 Å². The molecule has 20 heavy (non-hydrogen) atoms. The molecule has 1 aliphatic heterocycles. The molecular formula is C14H18N2O4. The summed E-state index contributed by atoms with van der Waals surface area (Å²) in [7, 11) is 0. The van der Waals surface area contributed by atoms with E-state index in [4.69, 9.17) is 9.84 Å². The highest BCUT2D eigenvalue weighted by Crippen LogP contribution is 2.17. The summed E-state index contributed by atoms with van der Waals surface area (Å²) in [4.78, 5) is 24.4. The van der Waals surface area contributed by atoms with Gasteiger partial charge in [0.1, 0.15) is 0 Å². The molecule has 1 aromatic carbocycles. The summed E-state index contributed by atoms with van der Waals surface area (Å²) < 4.78 is 5.20. The molecule has 1 saturated heterocycles. The summed E-state index contributed by atoms with van der Waals surface area (Å²) in [6, 6.07) is 7.10. The molecule has 6 nitrogen and oxygen atoms in total. The number of amides is 2. The minimum atomic E-state index is -0.848. The average molecular weight is 278 g/mol. The van der Waals surface area contributed by atoms with Gasteiger partial charge >= 0.3 is 12.0 Å². The van der Waals surface area contributed by atoms with Crippen LogP contribution in [-0.4, -0.2) is 48.3 Å². The first-order chi connectivity index (χ1) is 9.66. The third kappa shape index (κ3) is 3.96. The van der Waals surface area contributed by atoms with E-state index in [9.17, 15) is 9.59 Å². The predicted molar refractivity (Wildman–Crippen MR) is 73.8 cm³/mol. The van der Waals surface area contributed by atoms with Crippen molar-refractivity contribution in [3.05, 3.63) is 29.8 Å². The number of urea groups is 1. The molecule has 0 bridgehead atoms. The van der Waals surface area contributed by atoms with Crippen LogP contribution in [-0.2, 0) is 16.0 Å². The number of para-hydroxylation sites is 1. The van der Waals surface area contributed by atoms with Crippen LogP contribution in [0, 0.1) is 0 Å². The van der Waals surface area contributed by atoms with E-state index < -0.39 is 5.97 Å². The number of hydrogen-bond donors (Lipinski definition) is 2. The maximum atomic E-state index is 12.1. The fraction of sp³-hybridized carbons (Fsp3) is 0.429. The van der Waals surface area contributed by atoms with E-state index >= 15 is 0 Å². The largest absolute Gasteiger partial charge is 0.481 e. The Morgan fingerprint density at radius 1 is 1.25 bits per heavy atom. The highest BCUT2D eigenvalue weighted by Gasteiger charge is 2.17. The second-order valence-electron chi connectivity index (χ2n) is 4.58. The van der Waals surface area contributed by atoms with E-state index in [0.717, 1.165) is 5.56 Å². The second kappa shape index (κ2) is 6.91. The SMILES string of the molecule is O=C(O)CCc1ccccc1NC(=O)N1CCOCC1. The van der Waals surface area contributed by atoms with E-state index in [1.165, 1.54) is 0 Å². The van der Waals surface area contributed by atoms with Gasteiger partial charge in [0.15, 0.2) is 0 Å². The lowest BCUT2D eigenvalue weighted by Crippen LogP contribution is -2.43. The first kappa shape index (κ1) is 14.3. The van der Waals surface area contributed by atoms with Gasteiger partial charge in [-0.05, 0) is 18.1 Å². The van der Waals surface area contributed by atoms with Gasteiger partial charge in [-0.2, -0.15) is 0 Å². The molecule has 6 heteroatoms. The zero-order valence-electron chi connectivity index (χ0n) is 11.2. The lowest BCUT2D eigenvalue weighted by Gasteiger charge is -2.27. The molecule has 0 radical (unpaired) electrons. The number of carboxylic acids is 1. The summed E-state index contributed by atoms with van der Waals surface area (Å²) in [6.45, 7) is 2.24. The fourth-order valence-corrected chi connectivity index (χ4v) is 2.06. The van der Waals surface area contributed by atoms with Crippen molar-refractivity contribution in [3.8, 4) is 0 Å². The zero-order chi connectivity index (χ0) is 14.4. The molecule has 108 valence electrons. The Morgan fingerprint density at radius 2 is 1.95 bits per heavy atom. The van der Waals surface area contributed by atoms with Crippen LogP contribution in [0.4, 0.5) is 10.5 Å². The van der Waals surface area contributed by atoms with Crippen molar-refractivity contribution in [1.82, 2.24) is 4.90 Å². The molecule has 2 rings (SSSR count). The highest BCUT2D eigenvalue weighted by atomic mass is 16.5. The van der Waals surface area contributed by atoms with Gasteiger partial charge in [0, 0.05) is 25.2 Å². The Morgan fingerprint density at radius 3 is 2.65 bits per heavy atom. The molecule has 2 amide bonds. The van der Waals surface area contributed by atoms with Crippen molar-refractivity contribution < 1.29 is 19.4 Å². The topological polar surface area (TPSA) is 78.9 Å². The molecule has 0 saturated carbocycles. The Hall–Kier alpha value is -2.08. The number of ether oxygens (including phenoxy) is 1. The minimum absolute atomic E-state index is 0.0461. The average Bonchev–Trinajstić information content (AvgIpc) is 2.47. The van der Waals surface area contributed by atoms with Crippen molar-refractivity contribution in [2.75, 3.05) is 31.6 Å². The number of rotatable bonds is 4. The van der Waals surface area contributed by atoms with E-state index in [-0.39, 0.29) is 12.5 Å². The number of anilines is 1. The summed E-state index contributed by atoms with van der Waals surface area (Å²) in [5.74, 6) is -0.848. The Balaban J connectivity index is 2.00. The van der Waals surface area contributed by atoms with Crippen LogP contribution >= 0.6 is 0 Å². The van der Waals surface area contributed by atoms with Gasteiger partial charge in [-0.15, -0.1) is 0 Å². The van der Waals surface area contributed by atoms with Crippen LogP contribution in [0.2, 0.25) is 0 Å². The van der Waals surface area contributed by atoms with E-state index in [1.54, 1.807) is 11.0 Å². The van der Waals surface area contributed by atoms with Crippen molar-refractivity contribution in [2.24, 2.45) is 0 Å². The quantitative estimate of drug-likeness (QED) is 0.876. The molecule has 1 heterocycles. The number of benzene rings is 1. The monoisotopic (exact) mass is 278 g/mol. The first-order valence-electron chi connectivity index (χ1n) is 6.60. The third-order valence-electron chi connectivity index (χ3n) is 3.17. The Labute approximate surface area is 117 Å². The van der Waals surface area contributed by atoms with E-state index in [0.29, 0.717) is 38.4 Å². The number of nitrogens with one attached hydrogen (secondary N) is 1. The minimum Gasteiger partial charge on any atom is -0.481 e. The first-order valence-corrected chi connectivity index (χ1v) is 6.60. The number of carbonyl (C=O) groups is 2. The normalized spacial score (nSPS) is 14.9. The van der Waals surface area contributed by atoms with Crippen LogP contribution in [0.3, 0.4) is 0 Å². The smallest absolute Gasteiger partial charge is 0.322 e. The number of morpholine rings is 1. The molecule has 0 atom stereocenters. The number of hydrogen-bond acceptors (Lipinski definition) is 3. The van der Waals surface area contributed by atoms with Gasteiger partial charge in [0.25, 0.3) is 0 Å². The second-order valence-corrected chi connectivity index (χ2v) is 4.58. The molecular weight excluding hydrogens is 260 g/mol. The van der Waals surface area contributed by atoms with Gasteiger partial charge in [-0.25, -0.2) is 4.79 Å². The molecule has 0 aliphatic carbocycles. The number of carbonyl (C=O) groups excluding carboxylic acids is 1. The Kier molecular flexibility index (Phi) is 4.95. The van der Waals surface area contributed by atoms with E-state index in [2.05, 4.69) is 5.32 Å². The maximum absolute atomic E-state index is 12.1. The van der Waals surface area contributed by atoms with Crippen LogP contribution in [0.15, 0.2) is 24.3 Å². The summed E-state index contributed by atoms with van der Waals surface area (Å²) >= 11 is 0. The van der Waals surface area contributed by atoms with Gasteiger partial charge in [-0.1, -0.05) is 18.2 Å². The van der Waals surface area contributed by atoms with Crippen LogP contribution in [0.25, 0.3) is 0 Å². The van der Waals surface area contributed by atoms with Crippen molar-refractivity contribution >= 4 is 17.7 Å². The molecule has 0 aromatic heterocycles. The number of nitrogens with zero attached hydrogens (tertiary/aromatic N) is 1. The molecule has 0 spiro atoms. The van der Waals surface area contributed by atoms with Gasteiger partial charge in [0.05, 0.1) is 13.2 Å². The molecule has 1 aliphatic rings. The summed E-state index contributed by atoms with van der Waals surface area (Å²) in [5.41, 5.74) is 1.50. The third-order valence-corrected chi connectivity index (χ3v) is 3.17. The standard InChI is InChI=1S/C14H18N2O4/c17-13(18)6-5-11-3-1-2-4-12(11)15-14(19)16-7-9-20-10-8-16/h1-4H,5-10H2,(H,15,19)(H,17,18). The maximum Gasteiger partial charge on any atom is 0.322 e. The van der Waals surface area contributed by atoms with Crippen LogP contribution in [0.5, 0.6) is 0 Å². The van der Waals surface area contributed by atoms with Gasteiger partial charge < -0.3 is 20.1 Å². The molecule has 1 aromatic rings. The summed E-state index contributed by atoms with van der Waals surface area (Å²) in [6.07, 6.45) is 0.444. The van der Waals surface area contributed by atoms with Gasteiger partial charge in [0.2, 0.25) is 0 Å². The number of aliphatic carboxylic acids is 1. The van der Waals surface area contributed by atoms with Crippen molar-refractivity contribution in [2.45, 2.75) is 12.8 Å². The highest BCUT2D eigenvalue weighted by molar-refractivity contribution is 5.90. The number of aryl methyl sites for hydroxylation is 1. The van der Waals surface area contributed by atoms with Crippen LogP contribution in [0.1, 0.15) is 12.0 Å². The van der Waals surface area contributed by atoms with Crippen molar-refractivity contribution in [3.63, 3.8) is 0 Å². The van der Waals surface area contributed by atoms with Crippen LogP contribution < -0.4 is 5.32 Å². The Bertz CT molecular complexity index is 484. The molecule has 0 unspecified atom stereocenters.